The molecule has 0 saturated carbocycles. The number of nitrogens with zero attached hydrogens (tertiary/aromatic N) is 4. The van der Waals surface area contributed by atoms with Crippen LogP contribution in [0.2, 0.25) is 0 Å². The van der Waals surface area contributed by atoms with Gasteiger partial charge in [-0.15, -0.1) is 0 Å². The van der Waals surface area contributed by atoms with Crippen LogP contribution in [0.4, 0.5) is 5.69 Å². The number of hydrogen-bond acceptors (Lipinski definition) is 5. The van der Waals surface area contributed by atoms with Crippen LogP contribution < -0.4 is 10.1 Å². The predicted octanol–water partition coefficient (Wildman–Crippen LogP) is 0.831. The molecule has 0 aliphatic rings. The number of hydrogen-bond donors (Lipinski definition) is 1. The molecule has 0 atom stereocenters. The van der Waals surface area contributed by atoms with E-state index in [2.05, 4.69) is 20.4 Å². The number of aromatic nitrogens is 4. The molecule has 2 aromatic rings. The minimum absolute atomic E-state index is 0.601. The Balaban J connectivity index is 1.97. The maximum Gasteiger partial charge on any atom is 0.213 e. The molecule has 0 aliphatic heterocycles. The van der Waals surface area contributed by atoms with Crippen LogP contribution in [0, 0.1) is 0 Å². The molecule has 0 bridgehead atoms. The fourth-order valence-electron chi connectivity index (χ4n) is 1.27. The summed E-state index contributed by atoms with van der Waals surface area (Å²) in [6, 6.07) is 3.71. The van der Waals surface area contributed by atoms with Gasteiger partial charge in [0, 0.05) is 13.1 Å². The fraction of sp³-hybridized carbons (Fsp3) is 0.300. The predicted molar refractivity (Wildman–Crippen MR) is 59.1 cm³/mol. The summed E-state index contributed by atoms with van der Waals surface area (Å²) < 4.78 is 6.70. The molecule has 2 heterocycles. The minimum atomic E-state index is 0.601. The van der Waals surface area contributed by atoms with Gasteiger partial charge in [0.15, 0.2) is 0 Å². The quantitative estimate of drug-likeness (QED) is 0.825. The lowest BCUT2D eigenvalue weighted by Crippen LogP contribution is -2.06. The summed E-state index contributed by atoms with van der Waals surface area (Å²) >= 11 is 0. The molecule has 0 spiro atoms. The van der Waals surface area contributed by atoms with Gasteiger partial charge in [0.05, 0.1) is 25.5 Å². The highest BCUT2D eigenvalue weighted by molar-refractivity contribution is 5.41. The molecule has 0 aromatic carbocycles. The van der Waals surface area contributed by atoms with Gasteiger partial charge in [-0.1, -0.05) is 0 Å². The first-order valence-corrected chi connectivity index (χ1v) is 4.86. The number of rotatable bonds is 4. The smallest absolute Gasteiger partial charge is 0.213 e. The molecule has 0 fully saturated rings. The molecular weight excluding hydrogens is 206 g/mol. The lowest BCUT2D eigenvalue weighted by molar-refractivity contribution is 0.398. The monoisotopic (exact) mass is 219 g/mol. The van der Waals surface area contributed by atoms with Crippen LogP contribution in [0.1, 0.15) is 5.82 Å². The Kier molecular flexibility index (Phi) is 3.00. The summed E-state index contributed by atoms with van der Waals surface area (Å²) in [7, 11) is 3.45. The number of anilines is 1. The van der Waals surface area contributed by atoms with Crippen molar-refractivity contribution in [2.75, 3.05) is 12.4 Å². The van der Waals surface area contributed by atoms with E-state index in [1.807, 2.05) is 13.1 Å². The first kappa shape index (κ1) is 10.4. The van der Waals surface area contributed by atoms with Gasteiger partial charge in [0.2, 0.25) is 5.88 Å². The van der Waals surface area contributed by atoms with Crippen molar-refractivity contribution in [3.63, 3.8) is 0 Å². The molecule has 6 nitrogen and oxygen atoms in total. The molecule has 0 aliphatic carbocycles. The fourth-order valence-corrected chi connectivity index (χ4v) is 1.27. The van der Waals surface area contributed by atoms with E-state index in [4.69, 9.17) is 4.74 Å². The Morgan fingerprint density at radius 3 is 2.81 bits per heavy atom. The topological polar surface area (TPSA) is 64.9 Å². The van der Waals surface area contributed by atoms with Crippen LogP contribution in [0.3, 0.4) is 0 Å². The Morgan fingerprint density at radius 1 is 1.38 bits per heavy atom. The third-order valence-corrected chi connectivity index (χ3v) is 2.20. The number of pyridine rings is 1. The van der Waals surface area contributed by atoms with E-state index < -0.39 is 0 Å². The van der Waals surface area contributed by atoms with E-state index in [-0.39, 0.29) is 0 Å². The Morgan fingerprint density at radius 2 is 2.25 bits per heavy atom. The largest absolute Gasteiger partial charge is 0.481 e. The first-order valence-electron chi connectivity index (χ1n) is 4.86. The zero-order chi connectivity index (χ0) is 11.4. The summed E-state index contributed by atoms with van der Waals surface area (Å²) in [5.74, 6) is 1.47. The SMILES string of the molecule is COc1ccc(NCc2ncnn2C)cn1. The van der Waals surface area contributed by atoms with Crippen molar-refractivity contribution in [2.24, 2.45) is 7.05 Å². The van der Waals surface area contributed by atoms with Crippen molar-refractivity contribution in [3.8, 4) is 5.88 Å². The van der Waals surface area contributed by atoms with Crippen LogP contribution in [0.5, 0.6) is 5.88 Å². The lowest BCUT2D eigenvalue weighted by Gasteiger charge is -2.05. The van der Waals surface area contributed by atoms with Crippen molar-refractivity contribution >= 4 is 5.69 Å². The van der Waals surface area contributed by atoms with Gasteiger partial charge in [-0.05, 0) is 6.07 Å². The maximum absolute atomic E-state index is 4.97. The molecule has 16 heavy (non-hydrogen) atoms. The van der Waals surface area contributed by atoms with Gasteiger partial charge < -0.3 is 10.1 Å². The summed E-state index contributed by atoms with van der Waals surface area (Å²) in [6.45, 7) is 0.616. The molecule has 2 aromatic heterocycles. The maximum atomic E-state index is 4.97. The van der Waals surface area contributed by atoms with Gasteiger partial charge in [0.1, 0.15) is 12.2 Å². The third kappa shape index (κ3) is 2.28. The molecule has 0 amide bonds. The highest BCUT2D eigenvalue weighted by Gasteiger charge is 2.00. The second-order valence-electron chi connectivity index (χ2n) is 3.24. The Bertz CT molecular complexity index is 450. The first-order chi connectivity index (χ1) is 7.79. The van der Waals surface area contributed by atoms with Crippen molar-refractivity contribution < 1.29 is 4.74 Å². The van der Waals surface area contributed by atoms with Crippen molar-refractivity contribution in [2.45, 2.75) is 6.54 Å². The van der Waals surface area contributed by atoms with E-state index in [1.165, 1.54) is 6.33 Å². The van der Waals surface area contributed by atoms with Crippen LogP contribution in [0.25, 0.3) is 0 Å². The van der Waals surface area contributed by atoms with Gasteiger partial charge in [0.25, 0.3) is 0 Å². The average molecular weight is 219 g/mol. The van der Waals surface area contributed by atoms with Gasteiger partial charge in [-0.2, -0.15) is 5.10 Å². The van der Waals surface area contributed by atoms with Crippen molar-refractivity contribution in [1.29, 1.82) is 0 Å². The standard InChI is InChI=1S/C10H13N5O/c1-15-9(13-7-14-15)6-11-8-3-4-10(16-2)12-5-8/h3-5,7,11H,6H2,1-2H3. The van der Waals surface area contributed by atoms with E-state index in [1.54, 1.807) is 24.1 Å². The van der Waals surface area contributed by atoms with Crippen molar-refractivity contribution in [1.82, 2.24) is 19.7 Å². The molecule has 2 rings (SSSR count). The van der Waals surface area contributed by atoms with Gasteiger partial charge in [-0.3, -0.25) is 4.68 Å². The summed E-state index contributed by atoms with van der Waals surface area (Å²) in [5, 5.41) is 7.18. The third-order valence-electron chi connectivity index (χ3n) is 2.20. The normalized spacial score (nSPS) is 10.1. The Hall–Kier alpha value is -2.11. The zero-order valence-corrected chi connectivity index (χ0v) is 9.21. The molecule has 0 radical (unpaired) electrons. The Labute approximate surface area is 93.3 Å². The number of aryl methyl sites for hydroxylation is 1. The second kappa shape index (κ2) is 4.61. The van der Waals surface area contributed by atoms with Gasteiger partial charge >= 0.3 is 0 Å². The van der Waals surface area contributed by atoms with Crippen LogP contribution in [-0.4, -0.2) is 26.9 Å². The zero-order valence-electron chi connectivity index (χ0n) is 9.21. The van der Waals surface area contributed by atoms with Crippen LogP contribution in [-0.2, 0) is 13.6 Å². The number of nitrogens with one attached hydrogen (secondary N) is 1. The summed E-state index contributed by atoms with van der Waals surface area (Å²) in [4.78, 5) is 8.20. The molecule has 1 N–H and O–H groups in total. The van der Waals surface area contributed by atoms with Crippen LogP contribution in [0.15, 0.2) is 24.7 Å². The van der Waals surface area contributed by atoms with E-state index in [0.29, 0.717) is 12.4 Å². The highest BCUT2D eigenvalue weighted by atomic mass is 16.5. The summed E-state index contributed by atoms with van der Waals surface area (Å²) in [5.41, 5.74) is 0.920. The lowest BCUT2D eigenvalue weighted by atomic mass is 10.4. The highest BCUT2D eigenvalue weighted by Crippen LogP contribution is 2.11. The second-order valence-corrected chi connectivity index (χ2v) is 3.24. The minimum Gasteiger partial charge on any atom is -0.481 e. The average Bonchev–Trinajstić information content (AvgIpc) is 2.73. The molecule has 6 heteroatoms. The molecule has 0 saturated heterocycles. The van der Waals surface area contributed by atoms with Crippen molar-refractivity contribution in [3.05, 3.63) is 30.5 Å². The molecule has 0 unspecified atom stereocenters. The number of ether oxygens (including phenoxy) is 1. The summed E-state index contributed by atoms with van der Waals surface area (Å²) in [6.07, 6.45) is 3.25. The molecular formula is C10H13N5O. The van der Waals surface area contributed by atoms with E-state index in [9.17, 15) is 0 Å². The number of methoxy groups -OCH3 is 1. The van der Waals surface area contributed by atoms with E-state index in [0.717, 1.165) is 11.5 Å². The van der Waals surface area contributed by atoms with Crippen LogP contribution >= 0.6 is 0 Å². The van der Waals surface area contributed by atoms with E-state index >= 15 is 0 Å². The molecule has 84 valence electrons. The van der Waals surface area contributed by atoms with Gasteiger partial charge in [-0.25, -0.2) is 9.97 Å².